The molecule has 38 heavy (non-hydrogen) atoms. The summed E-state index contributed by atoms with van der Waals surface area (Å²) in [6.07, 6.45) is -0.953. The molecule has 11 nitrogen and oxygen atoms in total. The Labute approximate surface area is 235 Å². The van der Waals surface area contributed by atoms with Gasteiger partial charge in [0, 0.05) is 19.2 Å². The van der Waals surface area contributed by atoms with Crippen molar-refractivity contribution in [2.45, 2.75) is 61.7 Å². The van der Waals surface area contributed by atoms with Crippen LogP contribution in [0.15, 0.2) is 39.8 Å². The highest BCUT2D eigenvalue weighted by atomic mass is 79.9. The second-order valence-corrected chi connectivity index (χ2v) is 18.8. The number of rotatable bonds is 10. The standard InChI is InChI=1S/C23H28BrClN4O7SSi/c1-38(2,3)9-8-32-13-29-16-10-26-22(25)27-21(16)28-23(29)35-17-11-33-20-18(12-34-19(17)20)36-37(30,31)15-6-4-14(24)5-7-15/h4-7,10,17-20H,8-9,11-13H2,1-3H3/t17-,18-,19-,20-/m1/s1. The molecule has 206 valence electrons. The van der Waals surface area contributed by atoms with Gasteiger partial charge in [-0.25, -0.2) is 4.98 Å². The number of fused-ring (bicyclic) bond motifs is 2. The number of halogens is 2. The number of aromatic nitrogens is 4. The van der Waals surface area contributed by atoms with Crippen molar-refractivity contribution in [3.05, 3.63) is 40.2 Å². The summed E-state index contributed by atoms with van der Waals surface area (Å²) in [5, 5.41) is 0.0729. The van der Waals surface area contributed by atoms with Gasteiger partial charge in [0.25, 0.3) is 10.1 Å². The molecular formula is C23H28BrClN4O7SSi. The maximum absolute atomic E-state index is 12.8. The predicted molar refractivity (Wildman–Crippen MR) is 145 cm³/mol. The lowest BCUT2D eigenvalue weighted by Gasteiger charge is -2.19. The molecular weight excluding hydrogens is 620 g/mol. The zero-order valence-corrected chi connectivity index (χ0v) is 25.2. The van der Waals surface area contributed by atoms with Crippen LogP contribution in [-0.4, -0.2) is 80.2 Å². The zero-order valence-electron chi connectivity index (χ0n) is 21.0. The van der Waals surface area contributed by atoms with Crippen molar-refractivity contribution in [2.24, 2.45) is 0 Å². The minimum absolute atomic E-state index is 0.0439. The first-order chi connectivity index (χ1) is 18.0. The van der Waals surface area contributed by atoms with E-state index in [1.165, 1.54) is 12.1 Å². The molecule has 1 aromatic carbocycles. The van der Waals surface area contributed by atoms with Gasteiger partial charge in [-0.15, -0.1) is 0 Å². The molecule has 2 aromatic heterocycles. The Morgan fingerprint density at radius 1 is 1.11 bits per heavy atom. The molecule has 0 bridgehead atoms. The Kier molecular flexibility index (Phi) is 8.13. The Balaban J connectivity index is 1.29. The van der Waals surface area contributed by atoms with E-state index < -0.39 is 42.6 Å². The lowest BCUT2D eigenvalue weighted by molar-refractivity contribution is 0.0109. The van der Waals surface area contributed by atoms with Gasteiger partial charge < -0.3 is 18.9 Å². The van der Waals surface area contributed by atoms with Crippen LogP contribution in [0, 0.1) is 0 Å². The largest absolute Gasteiger partial charge is 0.456 e. The van der Waals surface area contributed by atoms with E-state index in [0.717, 1.165) is 10.5 Å². The van der Waals surface area contributed by atoms with Crippen LogP contribution in [0.4, 0.5) is 0 Å². The summed E-state index contributed by atoms with van der Waals surface area (Å²) in [4.78, 5) is 12.8. The minimum atomic E-state index is -4.01. The molecule has 0 unspecified atom stereocenters. The van der Waals surface area contributed by atoms with Crippen LogP contribution in [0.5, 0.6) is 6.01 Å². The zero-order chi connectivity index (χ0) is 27.1. The normalized spacial score (nSPS) is 23.7. The number of benzene rings is 1. The summed E-state index contributed by atoms with van der Waals surface area (Å²) < 4.78 is 57.5. The topological polar surface area (TPSA) is 124 Å². The first kappa shape index (κ1) is 27.9. The third-order valence-corrected chi connectivity index (χ3v) is 10.00. The molecule has 2 saturated heterocycles. The smallest absolute Gasteiger partial charge is 0.301 e. The first-order valence-corrected chi connectivity index (χ1v) is 18.3. The van der Waals surface area contributed by atoms with Gasteiger partial charge >= 0.3 is 6.01 Å². The quantitative estimate of drug-likeness (QED) is 0.139. The minimum Gasteiger partial charge on any atom is -0.456 e. The number of hydrogen-bond acceptors (Lipinski definition) is 10. The second-order valence-electron chi connectivity index (χ2n) is 10.3. The number of ether oxygens (including phenoxy) is 4. The molecule has 3 aromatic rings. The number of nitrogens with zero attached hydrogens (tertiary/aromatic N) is 4. The van der Waals surface area contributed by atoms with Crippen LogP contribution in [-0.2, 0) is 35.2 Å². The van der Waals surface area contributed by atoms with Crippen LogP contribution in [0.3, 0.4) is 0 Å². The van der Waals surface area contributed by atoms with Crippen LogP contribution >= 0.6 is 27.5 Å². The van der Waals surface area contributed by atoms with E-state index in [1.54, 1.807) is 22.9 Å². The highest BCUT2D eigenvalue weighted by Crippen LogP contribution is 2.34. The van der Waals surface area contributed by atoms with Gasteiger partial charge in [0.15, 0.2) is 11.8 Å². The molecule has 2 aliphatic heterocycles. The molecule has 0 saturated carbocycles. The summed E-state index contributed by atoms with van der Waals surface area (Å²) in [6, 6.07) is 7.49. The van der Waals surface area contributed by atoms with Crippen LogP contribution < -0.4 is 4.74 Å². The monoisotopic (exact) mass is 646 g/mol. The molecule has 0 aliphatic carbocycles. The van der Waals surface area contributed by atoms with E-state index in [4.69, 9.17) is 34.7 Å². The molecule has 0 amide bonds. The molecule has 15 heteroatoms. The summed E-state index contributed by atoms with van der Waals surface area (Å²) >= 11 is 9.28. The summed E-state index contributed by atoms with van der Waals surface area (Å²) in [7, 11) is -5.27. The van der Waals surface area contributed by atoms with Crippen molar-refractivity contribution in [1.82, 2.24) is 19.5 Å². The predicted octanol–water partition coefficient (Wildman–Crippen LogP) is 3.87. The highest BCUT2D eigenvalue weighted by molar-refractivity contribution is 9.10. The summed E-state index contributed by atoms with van der Waals surface area (Å²) in [6.45, 7) is 7.87. The third kappa shape index (κ3) is 6.22. The maximum Gasteiger partial charge on any atom is 0.301 e. The fourth-order valence-corrected chi connectivity index (χ4v) is 6.41. The SMILES string of the molecule is C[Si](C)(C)CCOCn1c(O[C@@H]2CO[C@H]3[C@@H]2OC[C@H]3OS(=O)(=O)c2ccc(Br)cc2)nc2nc(Cl)ncc21. The van der Waals surface area contributed by atoms with Crippen molar-refractivity contribution >= 4 is 56.9 Å². The van der Waals surface area contributed by atoms with Crippen molar-refractivity contribution in [3.63, 3.8) is 0 Å². The average molecular weight is 648 g/mol. The highest BCUT2D eigenvalue weighted by Gasteiger charge is 2.51. The summed E-state index contributed by atoms with van der Waals surface area (Å²) in [5.41, 5.74) is 0.986. The van der Waals surface area contributed by atoms with Gasteiger partial charge in [0.2, 0.25) is 5.28 Å². The maximum atomic E-state index is 12.8. The molecule has 2 fully saturated rings. The van der Waals surface area contributed by atoms with E-state index >= 15 is 0 Å². The van der Waals surface area contributed by atoms with E-state index in [9.17, 15) is 8.42 Å². The Hall–Kier alpha value is -1.65. The molecule has 0 spiro atoms. The van der Waals surface area contributed by atoms with E-state index in [2.05, 4.69) is 50.5 Å². The lowest BCUT2D eigenvalue weighted by atomic mass is 10.1. The van der Waals surface area contributed by atoms with E-state index in [1.807, 2.05) is 0 Å². The Bertz CT molecular complexity index is 1400. The number of hydrogen-bond donors (Lipinski definition) is 0. The van der Waals surface area contributed by atoms with Gasteiger partial charge in [0.05, 0.1) is 24.3 Å². The van der Waals surface area contributed by atoms with Crippen LogP contribution in [0.1, 0.15) is 0 Å². The van der Waals surface area contributed by atoms with Gasteiger partial charge in [-0.2, -0.15) is 18.4 Å². The molecule has 0 radical (unpaired) electrons. The van der Waals surface area contributed by atoms with Gasteiger partial charge in [0.1, 0.15) is 30.6 Å². The molecule has 2 aliphatic rings. The van der Waals surface area contributed by atoms with E-state index in [-0.39, 0.29) is 36.1 Å². The lowest BCUT2D eigenvalue weighted by Crippen LogP contribution is -2.36. The van der Waals surface area contributed by atoms with Crippen molar-refractivity contribution in [3.8, 4) is 6.01 Å². The third-order valence-electron chi connectivity index (χ3n) is 6.23. The fraction of sp³-hybridized carbons (Fsp3) is 0.522. The van der Waals surface area contributed by atoms with Crippen molar-refractivity contribution < 1.29 is 31.5 Å². The molecule has 4 atom stereocenters. The fourth-order valence-electron chi connectivity index (χ4n) is 4.19. The van der Waals surface area contributed by atoms with Crippen LogP contribution in [0.25, 0.3) is 11.2 Å². The van der Waals surface area contributed by atoms with E-state index in [0.29, 0.717) is 17.8 Å². The van der Waals surface area contributed by atoms with Gasteiger partial charge in [-0.05, 0) is 41.9 Å². The van der Waals surface area contributed by atoms with Crippen molar-refractivity contribution in [1.29, 1.82) is 0 Å². The molecule has 4 heterocycles. The Morgan fingerprint density at radius 2 is 1.79 bits per heavy atom. The van der Waals surface area contributed by atoms with Gasteiger partial charge in [-0.1, -0.05) is 35.6 Å². The first-order valence-electron chi connectivity index (χ1n) is 12.1. The molecule has 5 rings (SSSR count). The summed E-state index contributed by atoms with van der Waals surface area (Å²) in [5.74, 6) is 0. The van der Waals surface area contributed by atoms with Crippen molar-refractivity contribution in [2.75, 3.05) is 19.8 Å². The van der Waals surface area contributed by atoms with Crippen LogP contribution in [0.2, 0.25) is 31.0 Å². The second kappa shape index (κ2) is 11.1. The number of imidazole rings is 1. The average Bonchev–Trinajstić information content (AvgIpc) is 3.51. The Morgan fingerprint density at radius 3 is 2.50 bits per heavy atom. The van der Waals surface area contributed by atoms with Gasteiger partial charge in [-0.3, -0.25) is 8.75 Å². The molecule has 0 N–H and O–H groups in total.